The van der Waals surface area contributed by atoms with Crippen LogP contribution >= 0.6 is 0 Å². The number of hydrogen-bond donors (Lipinski definition) is 2. The molecule has 1 fully saturated rings. The molecule has 0 unspecified atom stereocenters. The van der Waals surface area contributed by atoms with Crippen LogP contribution in [0.15, 0.2) is 30.5 Å². The number of rotatable bonds is 6. The first-order valence-electron chi connectivity index (χ1n) is 9.00. The van der Waals surface area contributed by atoms with E-state index in [1.54, 1.807) is 12.1 Å². The molecule has 1 saturated heterocycles. The first-order valence-corrected chi connectivity index (χ1v) is 9.00. The summed E-state index contributed by atoms with van der Waals surface area (Å²) in [4.78, 5) is 14.3. The van der Waals surface area contributed by atoms with Gasteiger partial charge in [-0.1, -0.05) is 17.3 Å². The quantitative estimate of drug-likeness (QED) is 0.818. The number of halogens is 1. The number of nitrogens with one attached hydrogen (secondary N) is 1. The molecule has 3 N–H and O–H groups in total. The summed E-state index contributed by atoms with van der Waals surface area (Å²) in [6.45, 7) is 3.14. The molecule has 2 heterocycles. The van der Waals surface area contributed by atoms with Crippen LogP contribution in [0.5, 0.6) is 0 Å². The summed E-state index contributed by atoms with van der Waals surface area (Å²) >= 11 is 0. The maximum atomic E-state index is 12.9. The predicted molar refractivity (Wildman–Crippen MR) is 95.7 cm³/mol. The van der Waals surface area contributed by atoms with Gasteiger partial charge in [-0.2, -0.15) is 0 Å². The number of carbonyl (C=O) groups is 1. The third kappa shape index (κ3) is 5.01. The van der Waals surface area contributed by atoms with E-state index in [2.05, 4.69) is 15.6 Å². The number of carbonyl (C=O) groups excluding carboxylic acids is 1. The molecule has 140 valence electrons. The van der Waals surface area contributed by atoms with Gasteiger partial charge in [0, 0.05) is 38.9 Å². The zero-order valence-corrected chi connectivity index (χ0v) is 14.8. The molecule has 8 heteroatoms. The van der Waals surface area contributed by atoms with Gasteiger partial charge in [0.05, 0.1) is 5.69 Å². The molecule has 7 nitrogen and oxygen atoms in total. The minimum absolute atomic E-state index is 0.0435. The van der Waals surface area contributed by atoms with Crippen LogP contribution in [0.2, 0.25) is 0 Å². The zero-order chi connectivity index (χ0) is 18.4. The van der Waals surface area contributed by atoms with Gasteiger partial charge < -0.3 is 16.0 Å². The molecule has 1 aliphatic rings. The number of urea groups is 1. The molecule has 0 radical (unpaired) electrons. The highest BCUT2D eigenvalue weighted by atomic mass is 19.1. The van der Waals surface area contributed by atoms with Crippen LogP contribution < -0.4 is 11.1 Å². The predicted octanol–water partition coefficient (Wildman–Crippen LogP) is 1.54. The van der Waals surface area contributed by atoms with E-state index in [1.165, 1.54) is 12.1 Å². The molecule has 2 amide bonds. The summed E-state index contributed by atoms with van der Waals surface area (Å²) < 4.78 is 14.7. The van der Waals surface area contributed by atoms with Gasteiger partial charge in [-0.3, -0.25) is 4.68 Å². The molecule has 1 aromatic heterocycles. The van der Waals surface area contributed by atoms with Crippen LogP contribution in [0.25, 0.3) is 0 Å². The Hall–Kier alpha value is -2.48. The van der Waals surface area contributed by atoms with E-state index in [0.29, 0.717) is 32.0 Å². The van der Waals surface area contributed by atoms with Gasteiger partial charge in [0.1, 0.15) is 5.82 Å². The van der Waals surface area contributed by atoms with Crippen LogP contribution in [-0.2, 0) is 19.5 Å². The van der Waals surface area contributed by atoms with Crippen molar-refractivity contribution >= 4 is 6.03 Å². The summed E-state index contributed by atoms with van der Waals surface area (Å²) in [6, 6.07) is 6.32. The normalized spacial score (nSPS) is 17.3. The summed E-state index contributed by atoms with van der Waals surface area (Å²) in [5.41, 5.74) is 7.34. The minimum atomic E-state index is -0.247. The van der Waals surface area contributed by atoms with Crippen LogP contribution in [0.3, 0.4) is 0 Å². The van der Waals surface area contributed by atoms with Gasteiger partial charge in [-0.05, 0) is 42.9 Å². The van der Waals surface area contributed by atoms with Gasteiger partial charge >= 0.3 is 6.03 Å². The lowest BCUT2D eigenvalue weighted by atomic mass is 9.98. The molecular weight excluding hydrogens is 335 g/mol. The second-order valence-electron chi connectivity index (χ2n) is 6.70. The zero-order valence-electron chi connectivity index (χ0n) is 14.8. The van der Waals surface area contributed by atoms with Crippen molar-refractivity contribution in [3.8, 4) is 0 Å². The van der Waals surface area contributed by atoms with Gasteiger partial charge in [0.25, 0.3) is 0 Å². The van der Waals surface area contributed by atoms with E-state index in [-0.39, 0.29) is 11.8 Å². The Bertz CT molecular complexity index is 717. The third-order valence-electron chi connectivity index (χ3n) is 4.65. The van der Waals surface area contributed by atoms with Crippen molar-refractivity contribution in [2.45, 2.75) is 32.4 Å². The van der Waals surface area contributed by atoms with Gasteiger partial charge in [-0.15, -0.1) is 5.10 Å². The van der Waals surface area contributed by atoms with Crippen molar-refractivity contribution in [3.05, 3.63) is 47.5 Å². The van der Waals surface area contributed by atoms with Crippen LogP contribution in [0.4, 0.5) is 9.18 Å². The number of aromatic nitrogens is 3. The number of piperidine rings is 1. The number of nitrogens with zero attached hydrogens (tertiary/aromatic N) is 4. The number of amides is 2. The molecule has 0 aliphatic carbocycles. The van der Waals surface area contributed by atoms with Gasteiger partial charge in [0.15, 0.2) is 0 Å². The fourth-order valence-electron chi connectivity index (χ4n) is 3.26. The molecular formula is C18H25FN6O. The first-order chi connectivity index (χ1) is 12.6. The maximum Gasteiger partial charge on any atom is 0.317 e. The second-order valence-corrected chi connectivity index (χ2v) is 6.70. The lowest BCUT2D eigenvalue weighted by Crippen LogP contribution is -2.46. The molecule has 0 spiro atoms. The highest BCUT2D eigenvalue weighted by Gasteiger charge is 2.24. The highest BCUT2D eigenvalue weighted by Crippen LogP contribution is 2.18. The average molecular weight is 360 g/mol. The average Bonchev–Trinajstić information content (AvgIpc) is 3.11. The SMILES string of the molecule is NCc1cn(C[C@H]2CCCN(C(=O)NCCc3ccc(F)cc3)C2)nn1. The smallest absolute Gasteiger partial charge is 0.317 e. The van der Waals surface area contributed by atoms with Crippen molar-refractivity contribution in [3.63, 3.8) is 0 Å². The standard InChI is InChI=1S/C18H25FN6O/c19-16-5-3-14(4-6-16)7-8-21-18(26)24-9-1-2-15(11-24)12-25-13-17(10-20)22-23-25/h3-6,13,15H,1-2,7-12,20H2,(H,21,26)/t15-/m0/s1. The highest BCUT2D eigenvalue weighted by molar-refractivity contribution is 5.74. The Morgan fingerprint density at radius 2 is 2.15 bits per heavy atom. The fourth-order valence-corrected chi connectivity index (χ4v) is 3.26. The second kappa shape index (κ2) is 8.75. The summed E-state index contributed by atoms with van der Waals surface area (Å²) in [5, 5.41) is 11.0. The van der Waals surface area contributed by atoms with E-state index in [1.807, 2.05) is 15.8 Å². The Balaban J connectivity index is 1.44. The van der Waals surface area contributed by atoms with E-state index < -0.39 is 0 Å². The lowest BCUT2D eigenvalue weighted by molar-refractivity contribution is 0.157. The molecule has 1 aliphatic heterocycles. The maximum absolute atomic E-state index is 12.9. The minimum Gasteiger partial charge on any atom is -0.338 e. The molecule has 26 heavy (non-hydrogen) atoms. The molecule has 3 rings (SSSR count). The van der Waals surface area contributed by atoms with Crippen LogP contribution in [-0.4, -0.2) is 45.6 Å². The number of likely N-dealkylation sites (tertiary alicyclic amines) is 1. The first kappa shape index (κ1) is 18.3. The van der Waals surface area contributed by atoms with Gasteiger partial charge in [0.2, 0.25) is 0 Å². The topological polar surface area (TPSA) is 89.1 Å². The van der Waals surface area contributed by atoms with Crippen LogP contribution in [0.1, 0.15) is 24.1 Å². The molecule has 0 bridgehead atoms. The lowest BCUT2D eigenvalue weighted by Gasteiger charge is -2.32. The van der Waals surface area contributed by atoms with E-state index in [9.17, 15) is 9.18 Å². The number of benzene rings is 1. The van der Waals surface area contributed by atoms with E-state index in [0.717, 1.165) is 37.2 Å². The molecule has 1 aromatic carbocycles. The van der Waals surface area contributed by atoms with Crippen LogP contribution in [0, 0.1) is 11.7 Å². The summed E-state index contributed by atoms with van der Waals surface area (Å²) in [5.74, 6) is 0.113. The van der Waals surface area contributed by atoms with Crippen molar-refractivity contribution in [2.75, 3.05) is 19.6 Å². The summed E-state index contributed by atoms with van der Waals surface area (Å²) in [6.07, 6.45) is 4.59. The van der Waals surface area contributed by atoms with Crippen molar-refractivity contribution < 1.29 is 9.18 Å². The van der Waals surface area contributed by atoms with Crippen molar-refractivity contribution in [2.24, 2.45) is 11.7 Å². The van der Waals surface area contributed by atoms with Gasteiger partial charge in [-0.25, -0.2) is 9.18 Å². The van der Waals surface area contributed by atoms with Crippen molar-refractivity contribution in [1.82, 2.24) is 25.2 Å². The number of hydrogen-bond acceptors (Lipinski definition) is 4. The summed E-state index contributed by atoms with van der Waals surface area (Å²) in [7, 11) is 0. The van der Waals surface area contributed by atoms with E-state index in [4.69, 9.17) is 5.73 Å². The Kier molecular flexibility index (Phi) is 6.17. The molecule has 0 saturated carbocycles. The van der Waals surface area contributed by atoms with E-state index >= 15 is 0 Å². The molecule has 2 aromatic rings. The Morgan fingerprint density at radius 3 is 2.88 bits per heavy atom. The monoisotopic (exact) mass is 360 g/mol. The Morgan fingerprint density at radius 1 is 1.35 bits per heavy atom. The third-order valence-corrected chi connectivity index (χ3v) is 4.65. The number of nitrogens with two attached hydrogens (primary N) is 1. The fraction of sp³-hybridized carbons (Fsp3) is 0.500. The Labute approximate surface area is 152 Å². The van der Waals surface area contributed by atoms with Crippen molar-refractivity contribution in [1.29, 1.82) is 0 Å². The largest absolute Gasteiger partial charge is 0.338 e. The molecule has 1 atom stereocenters.